The molecule has 0 aliphatic carbocycles. The molecule has 3 aromatic rings. The van der Waals surface area contributed by atoms with Crippen LogP contribution in [0.1, 0.15) is 18.4 Å². The third-order valence-electron chi connectivity index (χ3n) is 5.87. The Morgan fingerprint density at radius 3 is 2.66 bits per heavy atom. The molecule has 2 aliphatic heterocycles. The van der Waals surface area contributed by atoms with E-state index in [0.717, 1.165) is 55.1 Å². The number of hydrogen-bond acceptors (Lipinski definition) is 5. The molecule has 0 N–H and O–H groups in total. The van der Waals surface area contributed by atoms with Crippen molar-refractivity contribution in [1.29, 1.82) is 0 Å². The van der Waals surface area contributed by atoms with Gasteiger partial charge in [-0.1, -0.05) is 18.2 Å². The molecule has 0 saturated carbocycles. The number of fused-ring (bicyclic) bond motifs is 1. The van der Waals surface area contributed by atoms with Crippen LogP contribution in [0, 0.1) is 5.92 Å². The number of piperidine rings is 1. The quantitative estimate of drug-likeness (QED) is 0.692. The van der Waals surface area contributed by atoms with E-state index in [1.807, 2.05) is 41.3 Å². The molecule has 0 bridgehead atoms. The minimum atomic E-state index is -0.00317. The second-order valence-electron chi connectivity index (χ2n) is 7.67. The zero-order valence-corrected chi connectivity index (χ0v) is 16.2. The zero-order chi connectivity index (χ0) is 19.6. The van der Waals surface area contributed by atoms with E-state index in [9.17, 15) is 4.79 Å². The van der Waals surface area contributed by atoms with Gasteiger partial charge < -0.3 is 9.80 Å². The van der Waals surface area contributed by atoms with Crippen molar-refractivity contribution < 1.29 is 4.79 Å². The Kier molecular flexibility index (Phi) is 4.68. The molecule has 1 saturated heterocycles. The van der Waals surface area contributed by atoms with E-state index >= 15 is 0 Å². The SMILES string of the molecule is O=C(C1CCCN(c2ccc(-c3ccncc3)nn2)C1)N1CCc2ccccc21. The van der Waals surface area contributed by atoms with Crippen LogP contribution < -0.4 is 9.80 Å². The Morgan fingerprint density at radius 2 is 1.83 bits per heavy atom. The lowest BCUT2D eigenvalue weighted by Gasteiger charge is -2.34. The van der Waals surface area contributed by atoms with Gasteiger partial charge in [-0.05, 0) is 55.2 Å². The van der Waals surface area contributed by atoms with Gasteiger partial charge in [0.05, 0.1) is 11.6 Å². The molecule has 6 heteroatoms. The summed E-state index contributed by atoms with van der Waals surface area (Å²) < 4.78 is 0. The Hall–Kier alpha value is -3.28. The van der Waals surface area contributed by atoms with Gasteiger partial charge >= 0.3 is 0 Å². The van der Waals surface area contributed by atoms with Crippen LogP contribution >= 0.6 is 0 Å². The van der Waals surface area contributed by atoms with Gasteiger partial charge in [-0.3, -0.25) is 9.78 Å². The first-order chi connectivity index (χ1) is 14.3. The lowest BCUT2D eigenvalue weighted by atomic mass is 9.96. The molecule has 2 aromatic heterocycles. The highest BCUT2D eigenvalue weighted by Gasteiger charge is 2.33. The van der Waals surface area contributed by atoms with Crippen LogP contribution in [-0.2, 0) is 11.2 Å². The largest absolute Gasteiger partial charge is 0.354 e. The summed E-state index contributed by atoms with van der Waals surface area (Å²) in [5.74, 6) is 1.07. The van der Waals surface area contributed by atoms with E-state index < -0.39 is 0 Å². The van der Waals surface area contributed by atoms with Crippen molar-refractivity contribution in [3.8, 4) is 11.3 Å². The molecule has 0 radical (unpaired) electrons. The maximum atomic E-state index is 13.2. The summed E-state index contributed by atoms with van der Waals surface area (Å²) in [4.78, 5) is 21.4. The molecule has 6 nitrogen and oxygen atoms in total. The van der Waals surface area contributed by atoms with Gasteiger partial charge in [0.25, 0.3) is 0 Å². The van der Waals surface area contributed by atoms with Crippen molar-refractivity contribution in [2.45, 2.75) is 19.3 Å². The number of rotatable bonds is 3. The number of benzene rings is 1. The second-order valence-corrected chi connectivity index (χ2v) is 7.67. The molecule has 0 spiro atoms. The first-order valence-electron chi connectivity index (χ1n) is 10.2. The molecule has 1 aromatic carbocycles. The summed E-state index contributed by atoms with van der Waals surface area (Å²) in [7, 11) is 0. The lowest BCUT2D eigenvalue weighted by molar-refractivity contribution is -0.122. The van der Waals surface area contributed by atoms with Crippen LogP contribution in [0.2, 0.25) is 0 Å². The summed E-state index contributed by atoms with van der Waals surface area (Å²) in [6.07, 6.45) is 6.36. The number of para-hydroxylation sites is 1. The van der Waals surface area contributed by atoms with Gasteiger partial charge in [0.1, 0.15) is 0 Å². The molecule has 1 atom stereocenters. The van der Waals surface area contributed by atoms with Crippen molar-refractivity contribution in [1.82, 2.24) is 15.2 Å². The minimum absolute atomic E-state index is 0.00317. The van der Waals surface area contributed by atoms with Crippen molar-refractivity contribution in [3.63, 3.8) is 0 Å². The monoisotopic (exact) mass is 385 g/mol. The van der Waals surface area contributed by atoms with Gasteiger partial charge in [-0.25, -0.2) is 0 Å². The van der Waals surface area contributed by atoms with E-state index in [-0.39, 0.29) is 11.8 Å². The molecule has 5 rings (SSSR count). The first-order valence-corrected chi connectivity index (χ1v) is 10.2. The fourth-order valence-electron chi connectivity index (χ4n) is 4.34. The lowest BCUT2D eigenvalue weighted by Crippen LogP contribution is -2.45. The maximum absolute atomic E-state index is 13.2. The highest BCUT2D eigenvalue weighted by molar-refractivity contribution is 5.97. The first kappa shape index (κ1) is 17.8. The minimum Gasteiger partial charge on any atom is -0.354 e. The number of nitrogens with zero attached hydrogens (tertiary/aromatic N) is 5. The zero-order valence-electron chi connectivity index (χ0n) is 16.2. The number of pyridine rings is 1. The molecule has 29 heavy (non-hydrogen) atoms. The number of carbonyl (C=O) groups excluding carboxylic acids is 1. The van der Waals surface area contributed by atoms with E-state index in [0.29, 0.717) is 6.54 Å². The summed E-state index contributed by atoms with van der Waals surface area (Å²) in [5.41, 5.74) is 4.18. The van der Waals surface area contributed by atoms with Crippen molar-refractivity contribution in [3.05, 3.63) is 66.5 Å². The Balaban J connectivity index is 1.30. The summed E-state index contributed by atoms with van der Waals surface area (Å²) in [5, 5.41) is 8.82. The highest BCUT2D eigenvalue weighted by Crippen LogP contribution is 2.31. The number of anilines is 2. The van der Waals surface area contributed by atoms with Crippen LogP contribution in [-0.4, -0.2) is 40.7 Å². The van der Waals surface area contributed by atoms with Crippen molar-refractivity contribution in [2.75, 3.05) is 29.4 Å². The van der Waals surface area contributed by atoms with Crippen molar-refractivity contribution >= 4 is 17.4 Å². The fraction of sp³-hybridized carbons (Fsp3) is 0.304. The van der Waals surface area contributed by atoms with Gasteiger partial charge in [-0.2, -0.15) is 0 Å². The molecular weight excluding hydrogens is 362 g/mol. The topological polar surface area (TPSA) is 62.2 Å². The van der Waals surface area contributed by atoms with E-state index in [2.05, 4.69) is 32.2 Å². The predicted octanol–water partition coefficient (Wildman–Crippen LogP) is 3.34. The molecule has 1 unspecified atom stereocenters. The summed E-state index contributed by atoms with van der Waals surface area (Å²) >= 11 is 0. The molecule has 2 aliphatic rings. The van der Waals surface area contributed by atoms with Crippen molar-refractivity contribution in [2.24, 2.45) is 5.92 Å². The van der Waals surface area contributed by atoms with Gasteiger partial charge in [-0.15, -0.1) is 10.2 Å². The summed E-state index contributed by atoms with van der Waals surface area (Å²) in [6, 6.07) is 16.1. The maximum Gasteiger partial charge on any atom is 0.231 e. The molecule has 4 heterocycles. The molecule has 1 amide bonds. The van der Waals surface area contributed by atoms with Gasteiger partial charge in [0, 0.05) is 43.3 Å². The molecular formula is C23H23N5O. The smallest absolute Gasteiger partial charge is 0.231 e. The Morgan fingerprint density at radius 1 is 0.966 bits per heavy atom. The van der Waals surface area contributed by atoms with Gasteiger partial charge in [0.15, 0.2) is 5.82 Å². The fourth-order valence-corrected chi connectivity index (χ4v) is 4.34. The average molecular weight is 385 g/mol. The number of amides is 1. The Bertz CT molecular complexity index is 1010. The predicted molar refractivity (Wildman–Crippen MR) is 113 cm³/mol. The van der Waals surface area contributed by atoms with Crippen LogP contribution in [0.5, 0.6) is 0 Å². The third-order valence-corrected chi connectivity index (χ3v) is 5.87. The number of hydrogen-bond donors (Lipinski definition) is 0. The van der Waals surface area contributed by atoms with E-state index in [4.69, 9.17) is 0 Å². The van der Waals surface area contributed by atoms with Gasteiger partial charge in [0.2, 0.25) is 5.91 Å². The summed E-state index contributed by atoms with van der Waals surface area (Å²) in [6.45, 7) is 2.39. The van der Waals surface area contributed by atoms with Crippen LogP contribution in [0.3, 0.4) is 0 Å². The standard InChI is InChI=1S/C23H23N5O/c29-23(28-15-11-18-4-1-2-6-21(18)28)19-5-3-14-27(16-19)22-8-7-20(25-26-22)17-9-12-24-13-10-17/h1-2,4,6-10,12-13,19H,3,5,11,14-16H2. The van der Waals surface area contributed by atoms with E-state index in [1.54, 1.807) is 12.4 Å². The molecule has 1 fully saturated rings. The number of aromatic nitrogens is 3. The Labute approximate surface area is 170 Å². The normalized spacial score (nSPS) is 18.6. The molecule has 146 valence electrons. The number of carbonyl (C=O) groups is 1. The van der Waals surface area contributed by atoms with E-state index in [1.165, 1.54) is 5.56 Å². The third kappa shape index (κ3) is 3.46. The highest BCUT2D eigenvalue weighted by atomic mass is 16.2. The van der Waals surface area contributed by atoms with Crippen LogP contribution in [0.4, 0.5) is 11.5 Å². The second kappa shape index (κ2) is 7.62. The van der Waals surface area contributed by atoms with Crippen LogP contribution in [0.15, 0.2) is 60.9 Å². The average Bonchev–Trinajstić information content (AvgIpc) is 3.24. The van der Waals surface area contributed by atoms with Crippen LogP contribution in [0.25, 0.3) is 11.3 Å².